The number of anilines is 1. The Hall–Kier alpha value is -1.85. The molecule has 0 aliphatic carbocycles. The van der Waals surface area contributed by atoms with Gasteiger partial charge in [-0.25, -0.2) is 0 Å². The first-order valence-electron chi connectivity index (χ1n) is 5.70. The van der Waals surface area contributed by atoms with Gasteiger partial charge in [0.2, 0.25) is 0 Å². The molecule has 0 bridgehead atoms. The minimum absolute atomic E-state index is 0.0666. The van der Waals surface area contributed by atoms with Crippen molar-refractivity contribution in [2.75, 3.05) is 12.4 Å². The number of rotatable bonds is 2. The Balaban J connectivity index is 0.000000200. The average Bonchev–Trinajstić information content (AvgIpc) is 2.40. The molecule has 0 aliphatic rings. The molecule has 0 fully saturated rings. The molecule has 2 aromatic rings. The summed E-state index contributed by atoms with van der Waals surface area (Å²) in [5.74, 6) is 0. The molecule has 0 amide bonds. The highest BCUT2D eigenvalue weighted by molar-refractivity contribution is 7.85. The maximum Gasteiger partial charge on any atom is 0.294 e. The van der Waals surface area contributed by atoms with Crippen LogP contribution in [-0.4, -0.2) is 20.0 Å². The fraction of sp³-hybridized carbons (Fsp3) is 0.143. The molecule has 0 unspecified atom stereocenters. The van der Waals surface area contributed by atoms with Crippen LogP contribution in [0.3, 0.4) is 0 Å². The summed E-state index contributed by atoms with van der Waals surface area (Å²) in [4.78, 5) is -0.0666. The van der Waals surface area contributed by atoms with Crippen LogP contribution in [0.15, 0.2) is 59.5 Å². The van der Waals surface area contributed by atoms with Crippen molar-refractivity contribution >= 4 is 15.8 Å². The molecule has 2 aromatic carbocycles. The molecule has 0 aliphatic heterocycles. The zero-order valence-corrected chi connectivity index (χ0v) is 11.7. The lowest BCUT2D eigenvalue weighted by Crippen LogP contribution is -1.96. The van der Waals surface area contributed by atoms with E-state index in [1.807, 2.05) is 44.3 Å². The molecule has 4 nitrogen and oxygen atoms in total. The molecule has 5 heteroatoms. The standard InChI is InChI=1S/C7H9N.C7H8O3S/c1-8-7-5-3-2-4-6-7;1-6-2-4-7(5-3-6)11(8,9)10/h2-6,8H,1H3;2-5H,1H3,(H,8,9,10). The summed E-state index contributed by atoms with van der Waals surface area (Å²) in [6.07, 6.45) is 0. The molecular weight excluding hydrogens is 262 g/mol. The predicted molar refractivity (Wildman–Crippen MR) is 77.0 cm³/mol. The van der Waals surface area contributed by atoms with Gasteiger partial charge in [-0.3, -0.25) is 4.55 Å². The van der Waals surface area contributed by atoms with Crippen LogP contribution in [0.2, 0.25) is 0 Å². The minimum atomic E-state index is -4.02. The van der Waals surface area contributed by atoms with Crippen LogP contribution < -0.4 is 5.32 Å². The van der Waals surface area contributed by atoms with Crippen molar-refractivity contribution in [2.45, 2.75) is 11.8 Å². The average molecular weight is 279 g/mol. The highest BCUT2D eigenvalue weighted by atomic mass is 32.2. The fourth-order valence-electron chi connectivity index (χ4n) is 1.32. The second-order valence-corrected chi connectivity index (χ2v) is 5.33. The van der Waals surface area contributed by atoms with Crippen molar-refractivity contribution in [3.63, 3.8) is 0 Å². The first-order valence-corrected chi connectivity index (χ1v) is 7.14. The van der Waals surface area contributed by atoms with E-state index in [0.717, 1.165) is 11.3 Å². The topological polar surface area (TPSA) is 66.4 Å². The van der Waals surface area contributed by atoms with Gasteiger partial charge in [-0.1, -0.05) is 35.9 Å². The molecular formula is C14H17NO3S. The minimum Gasteiger partial charge on any atom is -0.388 e. The smallest absolute Gasteiger partial charge is 0.294 e. The van der Waals surface area contributed by atoms with E-state index in [2.05, 4.69) is 5.32 Å². The van der Waals surface area contributed by atoms with Gasteiger partial charge >= 0.3 is 0 Å². The first kappa shape index (κ1) is 15.2. The van der Waals surface area contributed by atoms with Crippen LogP contribution >= 0.6 is 0 Å². The summed E-state index contributed by atoms with van der Waals surface area (Å²) in [5, 5.41) is 3.03. The summed E-state index contributed by atoms with van der Waals surface area (Å²) in [5.41, 5.74) is 2.12. The van der Waals surface area contributed by atoms with E-state index in [-0.39, 0.29) is 4.90 Å². The largest absolute Gasteiger partial charge is 0.388 e. The Morgan fingerprint density at radius 3 is 1.84 bits per heavy atom. The van der Waals surface area contributed by atoms with Gasteiger partial charge in [0.05, 0.1) is 4.90 Å². The lowest BCUT2D eigenvalue weighted by Gasteiger charge is -1.95. The van der Waals surface area contributed by atoms with E-state index in [9.17, 15) is 8.42 Å². The number of aryl methyl sites for hydroxylation is 1. The summed E-state index contributed by atoms with van der Waals surface area (Å²) in [6, 6.07) is 16.1. The second-order valence-electron chi connectivity index (χ2n) is 3.90. The zero-order chi connectivity index (χ0) is 14.3. The molecule has 0 atom stereocenters. The van der Waals surface area contributed by atoms with Crippen molar-refractivity contribution in [1.82, 2.24) is 0 Å². The van der Waals surface area contributed by atoms with Crippen LogP contribution in [0.1, 0.15) is 5.56 Å². The van der Waals surface area contributed by atoms with Gasteiger partial charge in [0, 0.05) is 12.7 Å². The van der Waals surface area contributed by atoms with Gasteiger partial charge in [0.25, 0.3) is 10.1 Å². The fourth-order valence-corrected chi connectivity index (χ4v) is 1.80. The van der Waals surface area contributed by atoms with Crippen LogP contribution in [0.5, 0.6) is 0 Å². The summed E-state index contributed by atoms with van der Waals surface area (Å²) < 4.78 is 29.6. The van der Waals surface area contributed by atoms with E-state index >= 15 is 0 Å². The van der Waals surface area contributed by atoms with Gasteiger partial charge < -0.3 is 5.32 Å². The van der Waals surface area contributed by atoms with Crippen LogP contribution in [0, 0.1) is 6.92 Å². The summed E-state index contributed by atoms with van der Waals surface area (Å²) in [6.45, 7) is 1.84. The monoisotopic (exact) mass is 279 g/mol. The molecule has 0 aromatic heterocycles. The SMILES string of the molecule is CNc1ccccc1.Cc1ccc(S(=O)(=O)O)cc1. The number of hydrogen-bond acceptors (Lipinski definition) is 3. The third kappa shape index (κ3) is 5.54. The van der Waals surface area contributed by atoms with E-state index in [1.54, 1.807) is 12.1 Å². The molecule has 0 saturated heterocycles. The van der Waals surface area contributed by atoms with Gasteiger partial charge in [-0.05, 0) is 31.2 Å². The van der Waals surface area contributed by atoms with Gasteiger partial charge in [0.15, 0.2) is 0 Å². The third-order valence-electron chi connectivity index (χ3n) is 2.38. The van der Waals surface area contributed by atoms with Gasteiger partial charge in [-0.2, -0.15) is 8.42 Å². The number of hydrogen-bond donors (Lipinski definition) is 2. The Kier molecular flexibility index (Phi) is 5.54. The Morgan fingerprint density at radius 1 is 0.947 bits per heavy atom. The van der Waals surface area contributed by atoms with Gasteiger partial charge in [0.1, 0.15) is 0 Å². The maximum absolute atomic E-state index is 10.5. The Morgan fingerprint density at radius 2 is 1.47 bits per heavy atom. The predicted octanol–water partition coefficient (Wildman–Crippen LogP) is 2.97. The molecule has 0 spiro atoms. The van der Waals surface area contributed by atoms with E-state index in [0.29, 0.717) is 0 Å². The second kappa shape index (κ2) is 6.92. The van der Waals surface area contributed by atoms with Crippen molar-refractivity contribution in [1.29, 1.82) is 0 Å². The number of para-hydroxylation sites is 1. The highest BCUT2D eigenvalue weighted by Crippen LogP contribution is 2.08. The normalized spacial score (nSPS) is 10.3. The maximum atomic E-state index is 10.5. The molecule has 0 heterocycles. The van der Waals surface area contributed by atoms with Crippen molar-refractivity contribution in [3.8, 4) is 0 Å². The summed E-state index contributed by atoms with van der Waals surface area (Å²) >= 11 is 0. The molecule has 2 rings (SSSR count). The van der Waals surface area contributed by atoms with E-state index < -0.39 is 10.1 Å². The van der Waals surface area contributed by atoms with Crippen molar-refractivity contribution < 1.29 is 13.0 Å². The van der Waals surface area contributed by atoms with Gasteiger partial charge in [-0.15, -0.1) is 0 Å². The lowest BCUT2D eigenvalue weighted by molar-refractivity contribution is 0.483. The van der Waals surface area contributed by atoms with Crippen LogP contribution in [0.4, 0.5) is 5.69 Å². The summed E-state index contributed by atoms with van der Waals surface area (Å²) in [7, 11) is -2.11. The third-order valence-corrected chi connectivity index (χ3v) is 3.25. The highest BCUT2D eigenvalue weighted by Gasteiger charge is 2.06. The quantitative estimate of drug-likeness (QED) is 0.829. The Bertz CT molecular complexity index is 592. The van der Waals surface area contributed by atoms with E-state index in [4.69, 9.17) is 4.55 Å². The van der Waals surface area contributed by atoms with Crippen molar-refractivity contribution in [3.05, 3.63) is 60.2 Å². The molecule has 2 N–H and O–H groups in total. The van der Waals surface area contributed by atoms with Crippen molar-refractivity contribution in [2.24, 2.45) is 0 Å². The zero-order valence-electron chi connectivity index (χ0n) is 10.9. The lowest BCUT2D eigenvalue weighted by atomic mass is 10.2. The van der Waals surface area contributed by atoms with E-state index in [1.165, 1.54) is 12.1 Å². The van der Waals surface area contributed by atoms with Crippen LogP contribution in [-0.2, 0) is 10.1 Å². The number of benzene rings is 2. The first-order chi connectivity index (χ1) is 8.93. The Labute approximate surface area is 113 Å². The molecule has 102 valence electrons. The molecule has 0 radical (unpaired) electrons. The number of nitrogens with one attached hydrogen (secondary N) is 1. The molecule has 0 saturated carbocycles. The molecule has 19 heavy (non-hydrogen) atoms. The van der Waals surface area contributed by atoms with Crippen LogP contribution in [0.25, 0.3) is 0 Å².